The van der Waals surface area contributed by atoms with Crippen molar-refractivity contribution in [3.63, 3.8) is 0 Å². The number of carbonyl (C=O) groups excluding carboxylic acids is 1. The van der Waals surface area contributed by atoms with Gasteiger partial charge in [-0.15, -0.1) is 0 Å². The van der Waals surface area contributed by atoms with E-state index in [0.717, 1.165) is 5.56 Å². The molecule has 1 unspecified atom stereocenters. The number of primary amides is 1. The Bertz CT molecular complexity index is 832. The Labute approximate surface area is 128 Å². The van der Waals surface area contributed by atoms with Gasteiger partial charge in [-0.1, -0.05) is 36.4 Å². The highest BCUT2D eigenvalue weighted by atomic mass is 16.1. The minimum absolute atomic E-state index is 0.0297. The van der Waals surface area contributed by atoms with Gasteiger partial charge in [-0.25, -0.2) is 4.98 Å². The van der Waals surface area contributed by atoms with Crippen LogP contribution in [-0.4, -0.2) is 15.9 Å². The fourth-order valence-electron chi connectivity index (χ4n) is 2.34. The standard InChI is InChI=1S/C17H16N4O/c1-11(20-16-10-19-9-15(21-16)17(18)22)13-7-6-12-4-2-3-5-14(12)8-13/h2-11H,1H3,(H2,18,22)(H,20,21). The summed E-state index contributed by atoms with van der Waals surface area (Å²) < 4.78 is 0. The summed E-state index contributed by atoms with van der Waals surface area (Å²) in [6, 6.07) is 14.5. The molecule has 3 rings (SSSR count). The van der Waals surface area contributed by atoms with Crippen LogP contribution in [0.25, 0.3) is 10.8 Å². The van der Waals surface area contributed by atoms with Crippen molar-refractivity contribution in [3.05, 3.63) is 66.1 Å². The highest BCUT2D eigenvalue weighted by Crippen LogP contribution is 2.22. The summed E-state index contributed by atoms with van der Waals surface area (Å²) in [5.41, 5.74) is 6.50. The average Bonchev–Trinajstić information content (AvgIpc) is 2.54. The maximum absolute atomic E-state index is 11.1. The zero-order valence-corrected chi connectivity index (χ0v) is 12.2. The second kappa shape index (κ2) is 5.81. The molecule has 3 aromatic rings. The Kier molecular flexibility index (Phi) is 3.70. The summed E-state index contributed by atoms with van der Waals surface area (Å²) in [6.07, 6.45) is 2.93. The highest BCUT2D eigenvalue weighted by molar-refractivity contribution is 5.90. The normalized spacial score (nSPS) is 12.0. The fourth-order valence-corrected chi connectivity index (χ4v) is 2.34. The molecule has 22 heavy (non-hydrogen) atoms. The number of amides is 1. The minimum atomic E-state index is -0.588. The van der Waals surface area contributed by atoms with E-state index in [1.165, 1.54) is 17.0 Å². The molecule has 0 fully saturated rings. The van der Waals surface area contributed by atoms with Gasteiger partial charge in [-0.2, -0.15) is 0 Å². The number of rotatable bonds is 4. The van der Waals surface area contributed by atoms with E-state index in [-0.39, 0.29) is 11.7 Å². The Balaban J connectivity index is 1.85. The molecule has 110 valence electrons. The molecule has 5 nitrogen and oxygen atoms in total. The number of nitrogens with one attached hydrogen (secondary N) is 1. The van der Waals surface area contributed by atoms with Gasteiger partial charge in [-0.3, -0.25) is 9.78 Å². The number of anilines is 1. The summed E-state index contributed by atoms with van der Waals surface area (Å²) in [5, 5.41) is 5.63. The number of hydrogen-bond acceptors (Lipinski definition) is 4. The molecular weight excluding hydrogens is 276 g/mol. The smallest absolute Gasteiger partial charge is 0.268 e. The molecule has 1 amide bonds. The first-order valence-electron chi connectivity index (χ1n) is 7.00. The second-order valence-corrected chi connectivity index (χ2v) is 5.13. The molecule has 3 N–H and O–H groups in total. The first kappa shape index (κ1) is 14.0. The molecule has 1 atom stereocenters. The third-order valence-electron chi connectivity index (χ3n) is 3.52. The molecular formula is C17H16N4O. The van der Waals surface area contributed by atoms with Crippen LogP contribution < -0.4 is 11.1 Å². The molecule has 0 aliphatic carbocycles. The van der Waals surface area contributed by atoms with E-state index in [4.69, 9.17) is 5.73 Å². The van der Waals surface area contributed by atoms with Crippen molar-refractivity contribution < 1.29 is 4.79 Å². The number of hydrogen-bond donors (Lipinski definition) is 2. The van der Waals surface area contributed by atoms with Crippen molar-refractivity contribution in [2.24, 2.45) is 5.73 Å². The van der Waals surface area contributed by atoms with E-state index in [1.807, 2.05) is 19.1 Å². The Hall–Kier alpha value is -2.95. The zero-order valence-electron chi connectivity index (χ0n) is 12.2. The van der Waals surface area contributed by atoms with Crippen molar-refractivity contribution in [2.75, 3.05) is 5.32 Å². The lowest BCUT2D eigenvalue weighted by atomic mass is 10.0. The summed E-state index contributed by atoms with van der Waals surface area (Å²) in [6.45, 7) is 2.03. The van der Waals surface area contributed by atoms with E-state index >= 15 is 0 Å². The number of fused-ring (bicyclic) bond motifs is 1. The number of aromatic nitrogens is 2. The summed E-state index contributed by atoms with van der Waals surface area (Å²) >= 11 is 0. The molecule has 0 bridgehead atoms. The molecule has 1 aromatic heterocycles. The quantitative estimate of drug-likeness (QED) is 0.774. The first-order valence-corrected chi connectivity index (χ1v) is 7.00. The predicted octanol–water partition coefficient (Wildman–Crippen LogP) is 2.90. The second-order valence-electron chi connectivity index (χ2n) is 5.13. The SMILES string of the molecule is CC(Nc1cncc(C(N)=O)n1)c1ccc2ccccc2c1. The van der Waals surface area contributed by atoms with Gasteiger partial charge in [-0.05, 0) is 29.3 Å². The van der Waals surface area contributed by atoms with Crippen molar-refractivity contribution >= 4 is 22.5 Å². The van der Waals surface area contributed by atoms with Crippen molar-refractivity contribution in [3.8, 4) is 0 Å². The van der Waals surface area contributed by atoms with Crippen molar-refractivity contribution in [2.45, 2.75) is 13.0 Å². The lowest BCUT2D eigenvalue weighted by molar-refractivity contribution is 0.0995. The van der Waals surface area contributed by atoms with Gasteiger partial charge in [0.2, 0.25) is 0 Å². The first-order chi connectivity index (χ1) is 10.6. The monoisotopic (exact) mass is 292 g/mol. The molecule has 0 spiro atoms. The van der Waals surface area contributed by atoms with Crippen LogP contribution in [0.3, 0.4) is 0 Å². The number of benzene rings is 2. The van der Waals surface area contributed by atoms with Crippen molar-refractivity contribution in [1.82, 2.24) is 9.97 Å². The third kappa shape index (κ3) is 2.88. The molecule has 0 radical (unpaired) electrons. The molecule has 0 aliphatic heterocycles. The molecule has 0 saturated carbocycles. The van der Waals surface area contributed by atoms with E-state index in [1.54, 1.807) is 6.20 Å². The van der Waals surface area contributed by atoms with Gasteiger partial charge in [0.15, 0.2) is 0 Å². The average molecular weight is 292 g/mol. The molecule has 1 heterocycles. The largest absolute Gasteiger partial charge is 0.364 e. The maximum atomic E-state index is 11.1. The number of nitrogens with two attached hydrogens (primary N) is 1. The lowest BCUT2D eigenvalue weighted by Crippen LogP contribution is -2.15. The Morgan fingerprint density at radius 1 is 1.14 bits per heavy atom. The Morgan fingerprint density at radius 3 is 2.68 bits per heavy atom. The summed E-state index contributed by atoms with van der Waals surface area (Å²) in [5.74, 6) is -0.0635. The van der Waals surface area contributed by atoms with Crippen LogP contribution in [0.4, 0.5) is 5.82 Å². The van der Waals surface area contributed by atoms with E-state index in [0.29, 0.717) is 5.82 Å². The zero-order chi connectivity index (χ0) is 15.5. The summed E-state index contributed by atoms with van der Waals surface area (Å²) in [4.78, 5) is 19.3. The molecule has 5 heteroatoms. The maximum Gasteiger partial charge on any atom is 0.268 e. The number of carbonyl (C=O) groups is 1. The molecule has 0 aliphatic rings. The molecule has 0 saturated heterocycles. The third-order valence-corrected chi connectivity index (χ3v) is 3.52. The van der Waals surface area contributed by atoms with Crippen LogP contribution in [-0.2, 0) is 0 Å². The van der Waals surface area contributed by atoms with Crippen LogP contribution in [0.5, 0.6) is 0 Å². The van der Waals surface area contributed by atoms with Gasteiger partial charge >= 0.3 is 0 Å². The van der Waals surface area contributed by atoms with Gasteiger partial charge in [0.1, 0.15) is 11.5 Å². The van der Waals surface area contributed by atoms with Crippen molar-refractivity contribution in [1.29, 1.82) is 0 Å². The molecule has 2 aromatic carbocycles. The van der Waals surface area contributed by atoms with E-state index < -0.39 is 5.91 Å². The van der Waals surface area contributed by atoms with Gasteiger partial charge in [0, 0.05) is 0 Å². The highest BCUT2D eigenvalue weighted by Gasteiger charge is 2.09. The summed E-state index contributed by atoms with van der Waals surface area (Å²) in [7, 11) is 0. The Morgan fingerprint density at radius 2 is 1.91 bits per heavy atom. The van der Waals surface area contributed by atoms with Crippen LogP contribution in [0.15, 0.2) is 54.9 Å². The van der Waals surface area contributed by atoms with Crippen LogP contribution in [0.2, 0.25) is 0 Å². The van der Waals surface area contributed by atoms with Crippen LogP contribution in [0.1, 0.15) is 29.0 Å². The van der Waals surface area contributed by atoms with Gasteiger partial charge < -0.3 is 11.1 Å². The van der Waals surface area contributed by atoms with Crippen LogP contribution in [0, 0.1) is 0 Å². The van der Waals surface area contributed by atoms with Crippen LogP contribution >= 0.6 is 0 Å². The topological polar surface area (TPSA) is 80.9 Å². The lowest BCUT2D eigenvalue weighted by Gasteiger charge is -2.15. The minimum Gasteiger partial charge on any atom is -0.364 e. The predicted molar refractivity (Wildman–Crippen MR) is 86.5 cm³/mol. The van der Waals surface area contributed by atoms with E-state index in [2.05, 4.69) is 45.6 Å². The van der Waals surface area contributed by atoms with E-state index in [9.17, 15) is 4.79 Å². The van der Waals surface area contributed by atoms with Gasteiger partial charge in [0.25, 0.3) is 5.91 Å². The van der Waals surface area contributed by atoms with Gasteiger partial charge in [0.05, 0.1) is 18.4 Å². The number of nitrogens with zero attached hydrogens (tertiary/aromatic N) is 2. The fraction of sp³-hybridized carbons (Fsp3) is 0.118.